The van der Waals surface area contributed by atoms with Gasteiger partial charge in [-0.05, 0) is 36.9 Å². The average Bonchev–Trinajstić information content (AvgIpc) is 3.40. The quantitative estimate of drug-likeness (QED) is 0.304. The van der Waals surface area contributed by atoms with Crippen molar-refractivity contribution in [3.63, 3.8) is 0 Å². The number of nitrogens with one attached hydrogen (secondary N) is 2. The summed E-state index contributed by atoms with van der Waals surface area (Å²) >= 11 is 1.80. The van der Waals surface area contributed by atoms with Gasteiger partial charge < -0.3 is 19.8 Å². The summed E-state index contributed by atoms with van der Waals surface area (Å²) in [6.45, 7) is 8.30. The average molecular weight is 518 g/mol. The fourth-order valence-electron chi connectivity index (χ4n) is 3.05. The Morgan fingerprint density at radius 3 is 2.64 bits per heavy atom. The van der Waals surface area contributed by atoms with Crippen LogP contribution in [0.1, 0.15) is 17.6 Å². The second-order valence-electron chi connectivity index (χ2n) is 6.70. The highest BCUT2D eigenvalue weighted by Gasteiger charge is 2.16. The van der Waals surface area contributed by atoms with E-state index in [9.17, 15) is 0 Å². The fourth-order valence-corrected chi connectivity index (χ4v) is 3.76. The number of hydrogen-bond donors (Lipinski definition) is 2. The van der Waals surface area contributed by atoms with Gasteiger partial charge >= 0.3 is 0 Å². The molecule has 1 saturated heterocycles. The van der Waals surface area contributed by atoms with Crippen LogP contribution >= 0.6 is 35.3 Å². The molecule has 1 atom stereocenters. The van der Waals surface area contributed by atoms with Crippen molar-refractivity contribution >= 4 is 41.3 Å². The molecule has 28 heavy (non-hydrogen) atoms. The lowest BCUT2D eigenvalue weighted by atomic mass is 10.2. The molecule has 156 valence electrons. The molecule has 0 amide bonds. The third-order valence-corrected chi connectivity index (χ3v) is 5.61. The fraction of sp³-hybridized carbons (Fsp3) is 0.550. The Morgan fingerprint density at radius 2 is 1.96 bits per heavy atom. The minimum absolute atomic E-state index is 0. The lowest BCUT2D eigenvalue weighted by Crippen LogP contribution is -2.45. The first kappa shape index (κ1) is 23.2. The van der Waals surface area contributed by atoms with E-state index in [2.05, 4.69) is 40.0 Å². The van der Waals surface area contributed by atoms with Gasteiger partial charge in [0.1, 0.15) is 5.76 Å². The number of halogens is 1. The van der Waals surface area contributed by atoms with Crippen molar-refractivity contribution in [1.82, 2.24) is 15.5 Å². The Balaban J connectivity index is 0.00000280. The number of morpholine rings is 1. The summed E-state index contributed by atoms with van der Waals surface area (Å²) in [5.41, 5.74) is 0. The molecule has 0 aliphatic carbocycles. The summed E-state index contributed by atoms with van der Waals surface area (Å²) in [4.78, 5) is 8.65. The molecule has 3 rings (SSSR count). The van der Waals surface area contributed by atoms with Gasteiger partial charge in [-0.25, -0.2) is 0 Å². The van der Waals surface area contributed by atoms with Crippen LogP contribution in [0.3, 0.4) is 0 Å². The molecule has 2 aromatic heterocycles. The summed E-state index contributed by atoms with van der Waals surface area (Å²) in [5, 5.41) is 9.02. The molecule has 2 N–H and O–H groups in total. The number of aliphatic imine (C=N–C) groups is 1. The molecule has 0 aromatic carbocycles. The van der Waals surface area contributed by atoms with Crippen molar-refractivity contribution in [2.75, 3.05) is 45.9 Å². The highest BCUT2D eigenvalue weighted by Crippen LogP contribution is 2.08. The van der Waals surface area contributed by atoms with Crippen LogP contribution < -0.4 is 10.6 Å². The number of furan rings is 1. The van der Waals surface area contributed by atoms with Crippen LogP contribution in [0.4, 0.5) is 0 Å². The van der Waals surface area contributed by atoms with Crippen LogP contribution in [0.2, 0.25) is 0 Å². The molecule has 6 nitrogen and oxygen atoms in total. The predicted molar refractivity (Wildman–Crippen MR) is 126 cm³/mol. The monoisotopic (exact) mass is 518 g/mol. The van der Waals surface area contributed by atoms with Crippen LogP contribution in [0.15, 0.2) is 45.3 Å². The lowest BCUT2D eigenvalue weighted by molar-refractivity contribution is 0.0220. The van der Waals surface area contributed by atoms with Crippen LogP contribution in [0.25, 0.3) is 0 Å². The summed E-state index contributed by atoms with van der Waals surface area (Å²) in [6.07, 6.45) is 3.57. The standard InChI is InChI=1S/C20H30N4O2S.HI/c1-17(24-10-13-25-14-11-24)16-23-20(21-8-6-18-4-2-12-26-18)22-9-7-19-5-3-15-27-19;/h2-5,12,15,17H,6-11,13-14,16H2,1H3,(H2,21,22,23);1H. The molecule has 0 bridgehead atoms. The van der Waals surface area contributed by atoms with Gasteiger partial charge in [0.05, 0.1) is 26.0 Å². The minimum Gasteiger partial charge on any atom is -0.469 e. The van der Waals surface area contributed by atoms with Gasteiger partial charge in [-0.15, -0.1) is 35.3 Å². The van der Waals surface area contributed by atoms with Gasteiger partial charge in [-0.1, -0.05) is 6.07 Å². The maximum Gasteiger partial charge on any atom is 0.191 e. The van der Waals surface area contributed by atoms with Gasteiger partial charge in [-0.2, -0.15) is 0 Å². The third-order valence-electron chi connectivity index (χ3n) is 4.67. The third kappa shape index (κ3) is 8.10. The largest absolute Gasteiger partial charge is 0.469 e. The molecule has 3 heterocycles. The Labute approximate surface area is 188 Å². The summed E-state index contributed by atoms with van der Waals surface area (Å²) in [7, 11) is 0. The Bertz CT molecular complexity index is 616. The normalized spacial score (nSPS) is 16.4. The van der Waals surface area contributed by atoms with E-state index in [-0.39, 0.29) is 24.0 Å². The maximum atomic E-state index is 5.44. The maximum absolute atomic E-state index is 5.44. The number of thiophene rings is 1. The number of rotatable bonds is 9. The topological polar surface area (TPSA) is 62.0 Å². The molecular formula is C20H31IN4O2S. The molecular weight excluding hydrogens is 487 g/mol. The second-order valence-corrected chi connectivity index (χ2v) is 7.73. The van der Waals surface area contributed by atoms with Gasteiger partial charge in [0.25, 0.3) is 0 Å². The first-order valence-corrected chi connectivity index (χ1v) is 10.6. The number of nitrogens with zero attached hydrogens (tertiary/aromatic N) is 2. The molecule has 1 aliphatic heterocycles. The van der Waals surface area contributed by atoms with Crippen molar-refractivity contribution in [1.29, 1.82) is 0 Å². The predicted octanol–water partition coefficient (Wildman–Crippen LogP) is 3.00. The Kier molecular flexibility index (Phi) is 10.9. The van der Waals surface area contributed by atoms with E-state index >= 15 is 0 Å². The number of guanidine groups is 1. The highest BCUT2D eigenvalue weighted by molar-refractivity contribution is 14.0. The molecule has 1 unspecified atom stereocenters. The van der Waals surface area contributed by atoms with Gasteiger partial charge in [0.2, 0.25) is 0 Å². The molecule has 8 heteroatoms. The van der Waals surface area contributed by atoms with E-state index in [0.29, 0.717) is 6.04 Å². The first-order chi connectivity index (χ1) is 13.3. The molecule has 2 aromatic rings. The van der Waals surface area contributed by atoms with E-state index < -0.39 is 0 Å². The zero-order valence-electron chi connectivity index (χ0n) is 16.4. The second kappa shape index (κ2) is 13.2. The van der Waals surface area contributed by atoms with Crippen molar-refractivity contribution in [3.8, 4) is 0 Å². The van der Waals surface area contributed by atoms with Gasteiger partial charge in [-0.3, -0.25) is 9.89 Å². The van der Waals surface area contributed by atoms with Crippen molar-refractivity contribution < 1.29 is 9.15 Å². The van der Waals surface area contributed by atoms with Crippen LogP contribution in [0, 0.1) is 0 Å². The summed E-state index contributed by atoms with van der Waals surface area (Å²) in [6, 6.07) is 8.61. The van der Waals surface area contributed by atoms with Crippen molar-refractivity contribution in [2.45, 2.75) is 25.8 Å². The first-order valence-electron chi connectivity index (χ1n) is 9.70. The Morgan fingerprint density at radius 1 is 1.18 bits per heavy atom. The number of hydrogen-bond acceptors (Lipinski definition) is 5. The van der Waals surface area contributed by atoms with E-state index in [4.69, 9.17) is 14.1 Å². The van der Waals surface area contributed by atoms with E-state index in [0.717, 1.165) is 70.5 Å². The summed E-state index contributed by atoms with van der Waals surface area (Å²) < 4.78 is 10.8. The van der Waals surface area contributed by atoms with Crippen LogP contribution in [-0.4, -0.2) is 62.8 Å². The SMILES string of the molecule is CC(CN=C(NCCc1ccco1)NCCc1cccs1)N1CCOCC1.I. The number of ether oxygens (including phenoxy) is 1. The molecule has 1 fully saturated rings. The highest BCUT2D eigenvalue weighted by atomic mass is 127. The van der Waals surface area contributed by atoms with Crippen LogP contribution in [-0.2, 0) is 17.6 Å². The molecule has 0 spiro atoms. The molecule has 0 radical (unpaired) electrons. The minimum atomic E-state index is 0. The molecule has 0 saturated carbocycles. The van der Waals surface area contributed by atoms with E-state index in [1.807, 2.05) is 12.1 Å². The summed E-state index contributed by atoms with van der Waals surface area (Å²) in [5.74, 6) is 1.86. The van der Waals surface area contributed by atoms with Crippen molar-refractivity contribution in [3.05, 3.63) is 46.5 Å². The van der Waals surface area contributed by atoms with E-state index in [1.165, 1.54) is 4.88 Å². The zero-order valence-corrected chi connectivity index (χ0v) is 19.6. The Hall–Kier alpha value is -1.10. The van der Waals surface area contributed by atoms with E-state index in [1.54, 1.807) is 17.6 Å². The van der Waals surface area contributed by atoms with Gasteiger partial charge in [0, 0.05) is 43.5 Å². The molecule has 1 aliphatic rings. The zero-order chi connectivity index (χ0) is 18.7. The van der Waals surface area contributed by atoms with Crippen molar-refractivity contribution in [2.24, 2.45) is 4.99 Å². The smallest absolute Gasteiger partial charge is 0.191 e. The van der Waals surface area contributed by atoms with Gasteiger partial charge in [0.15, 0.2) is 5.96 Å². The van der Waals surface area contributed by atoms with Crippen LogP contribution in [0.5, 0.6) is 0 Å². The lowest BCUT2D eigenvalue weighted by Gasteiger charge is -2.31.